The van der Waals surface area contributed by atoms with Gasteiger partial charge in [0.25, 0.3) is 0 Å². The number of alkyl carbamates (subject to hydrolysis) is 1. The van der Waals surface area contributed by atoms with Gasteiger partial charge in [0.15, 0.2) is 0 Å². The summed E-state index contributed by atoms with van der Waals surface area (Å²) in [5.74, 6) is 0.254. The van der Waals surface area contributed by atoms with E-state index in [1.807, 2.05) is 25.1 Å². The summed E-state index contributed by atoms with van der Waals surface area (Å²) in [5, 5.41) is 2.26. The van der Waals surface area contributed by atoms with E-state index < -0.39 is 18.2 Å². The minimum Gasteiger partial charge on any atom is -0.359 e. The Morgan fingerprint density at radius 1 is 1.45 bits per heavy atom. The third-order valence-corrected chi connectivity index (χ3v) is 3.69. The lowest BCUT2D eigenvalue weighted by Crippen LogP contribution is -2.39. The molecule has 1 aromatic rings. The lowest BCUT2D eigenvalue weighted by atomic mass is 9.97. The maximum absolute atomic E-state index is 11.9. The van der Waals surface area contributed by atoms with Crippen molar-refractivity contribution in [3.63, 3.8) is 0 Å². The zero-order valence-corrected chi connectivity index (χ0v) is 12.7. The highest BCUT2D eigenvalue weighted by Gasteiger charge is 2.29. The molecule has 1 heterocycles. The molecule has 1 aromatic carbocycles. The lowest BCUT2D eigenvalue weighted by molar-refractivity contribution is -0.109. The minimum absolute atomic E-state index is 0.254. The van der Waals surface area contributed by atoms with E-state index in [1.165, 1.54) is 23.0 Å². The van der Waals surface area contributed by atoms with E-state index in [0.717, 1.165) is 6.42 Å². The number of hydrogen-bond acceptors (Lipinski definition) is 4. The van der Waals surface area contributed by atoms with Gasteiger partial charge in [-0.2, -0.15) is 0 Å². The van der Waals surface area contributed by atoms with Crippen LogP contribution in [0.4, 0.5) is 9.59 Å². The van der Waals surface area contributed by atoms with Crippen molar-refractivity contribution in [2.75, 3.05) is 13.1 Å². The summed E-state index contributed by atoms with van der Waals surface area (Å²) in [6, 6.07) is 7.50. The van der Waals surface area contributed by atoms with Crippen LogP contribution in [0.5, 0.6) is 0 Å². The molecule has 2 rings (SSSR count). The topological polar surface area (TPSA) is 75.7 Å². The summed E-state index contributed by atoms with van der Waals surface area (Å²) in [5.41, 5.74) is 2.37. The Hall–Kier alpha value is -2.37. The van der Waals surface area contributed by atoms with Crippen molar-refractivity contribution in [3.05, 3.63) is 35.4 Å². The first-order valence-corrected chi connectivity index (χ1v) is 7.28. The smallest absolute Gasteiger partial charge is 0.359 e. The van der Waals surface area contributed by atoms with Crippen LogP contribution in [0.2, 0.25) is 0 Å². The maximum Gasteiger partial charge on any atom is 0.418 e. The summed E-state index contributed by atoms with van der Waals surface area (Å²) in [6.45, 7) is 4.61. The summed E-state index contributed by atoms with van der Waals surface area (Å²) in [6.07, 6.45) is -0.172. The molecule has 118 valence electrons. The van der Waals surface area contributed by atoms with Crippen LogP contribution in [0.1, 0.15) is 30.4 Å². The summed E-state index contributed by atoms with van der Waals surface area (Å²) in [4.78, 5) is 35.3. The molecule has 1 saturated heterocycles. The molecule has 6 heteroatoms. The lowest BCUT2D eigenvalue weighted by Gasteiger charge is -2.16. The van der Waals surface area contributed by atoms with E-state index >= 15 is 0 Å². The molecule has 0 aromatic heterocycles. The van der Waals surface area contributed by atoms with E-state index in [2.05, 4.69) is 11.4 Å². The number of nitrogens with zero attached hydrogens (tertiary/aromatic N) is 1. The minimum atomic E-state index is -0.899. The number of benzene rings is 1. The van der Waals surface area contributed by atoms with Crippen LogP contribution < -0.4 is 5.32 Å². The van der Waals surface area contributed by atoms with Crippen molar-refractivity contribution >= 4 is 18.5 Å². The first-order chi connectivity index (χ1) is 10.5. The van der Waals surface area contributed by atoms with E-state index in [0.29, 0.717) is 19.4 Å². The summed E-state index contributed by atoms with van der Waals surface area (Å²) in [7, 11) is 0. The normalized spacial score (nSPS) is 18.6. The van der Waals surface area contributed by atoms with Gasteiger partial charge in [0.1, 0.15) is 6.29 Å². The Morgan fingerprint density at radius 3 is 2.91 bits per heavy atom. The quantitative estimate of drug-likeness (QED) is 0.686. The van der Waals surface area contributed by atoms with Gasteiger partial charge in [0.05, 0.1) is 6.04 Å². The van der Waals surface area contributed by atoms with E-state index in [4.69, 9.17) is 4.74 Å². The fourth-order valence-corrected chi connectivity index (χ4v) is 2.52. The van der Waals surface area contributed by atoms with E-state index in [9.17, 15) is 14.4 Å². The summed E-state index contributed by atoms with van der Waals surface area (Å²) >= 11 is 0. The molecule has 0 radical (unpaired) electrons. The molecule has 0 spiro atoms. The van der Waals surface area contributed by atoms with Crippen LogP contribution in [-0.2, 0) is 9.53 Å². The maximum atomic E-state index is 11.9. The zero-order chi connectivity index (χ0) is 16.1. The molecule has 1 N–H and O–H groups in total. The van der Waals surface area contributed by atoms with Crippen molar-refractivity contribution in [1.82, 2.24) is 10.2 Å². The predicted molar refractivity (Wildman–Crippen MR) is 80.6 cm³/mol. The molecule has 6 nitrogen and oxygen atoms in total. The van der Waals surface area contributed by atoms with Gasteiger partial charge in [-0.05, 0) is 25.8 Å². The number of carbonyl (C=O) groups is 3. The molecule has 2 unspecified atom stereocenters. The van der Waals surface area contributed by atoms with Crippen molar-refractivity contribution in [2.45, 2.75) is 32.2 Å². The van der Waals surface area contributed by atoms with E-state index in [1.54, 1.807) is 0 Å². The molecule has 22 heavy (non-hydrogen) atoms. The van der Waals surface area contributed by atoms with Crippen molar-refractivity contribution in [2.24, 2.45) is 0 Å². The highest BCUT2D eigenvalue weighted by molar-refractivity contribution is 5.85. The molecule has 0 aliphatic carbocycles. The van der Waals surface area contributed by atoms with Crippen molar-refractivity contribution < 1.29 is 19.1 Å². The number of hydrogen-bond donors (Lipinski definition) is 1. The average Bonchev–Trinajstić information content (AvgIpc) is 2.96. The van der Waals surface area contributed by atoms with Crippen LogP contribution in [-0.4, -0.2) is 42.5 Å². The number of aldehydes is 1. The zero-order valence-electron chi connectivity index (χ0n) is 12.7. The monoisotopic (exact) mass is 304 g/mol. The van der Waals surface area contributed by atoms with Crippen molar-refractivity contribution in [1.29, 1.82) is 0 Å². The Labute approximate surface area is 129 Å². The van der Waals surface area contributed by atoms with Gasteiger partial charge in [-0.3, -0.25) is 0 Å². The third-order valence-electron chi connectivity index (χ3n) is 3.69. The molecule has 2 atom stereocenters. The fourth-order valence-electron chi connectivity index (χ4n) is 2.52. The van der Waals surface area contributed by atoms with Gasteiger partial charge >= 0.3 is 12.2 Å². The van der Waals surface area contributed by atoms with Gasteiger partial charge in [0.2, 0.25) is 0 Å². The van der Waals surface area contributed by atoms with Gasteiger partial charge < -0.3 is 19.7 Å². The number of nitrogens with one attached hydrogen (secondary N) is 1. The Morgan fingerprint density at radius 2 is 2.23 bits per heavy atom. The second-order valence-corrected chi connectivity index (χ2v) is 5.57. The summed E-state index contributed by atoms with van der Waals surface area (Å²) < 4.78 is 4.69. The number of likely N-dealkylation sites (tertiary alicyclic amines) is 1. The van der Waals surface area contributed by atoms with Gasteiger partial charge in [-0.1, -0.05) is 29.8 Å². The van der Waals surface area contributed by atoms with Crippen LogP contribution in [0.25, 0.3) is 0 Å². The molecule has 1 aliphatic heterocycles. The fraction of sp³-hybridized carbons (Fsp3) is 0.438. The van der Waals surface area contributed by atoms with Crippen LogP contribution in [0.15, 0.2) is 24.3 Å². The first kappa shape index (κ1) is 16.0. The molecule has 0 saturated carbocycles. The van der Waals surface area contributed by atoms with Gasteiger partial charge in [-0.15, -0.1) is 0 Å². The molecule has 1 fully saturated rings. The van der Waals surface area contributed by atoms with Crippen molar-refractivity contribution in [3.8, 4) is 0 Å². The average molecular weight is 304 g/mol. The Balaban J connectivity index is 1.88. The number of ether oxygens (including phenoxy) is 1. The van der Waals surface area contributed by atoms with E-state index in [-0.39, 0.29) is 5.92 Å². The number of amides is 2. The second kappa shape index (κ2) is 7.06. The van der Waals surface area contributed by atoms with Crippen LogP contribution in [0.3, 0.4) is 0 Å². The van der Waals surface area contributed by atoms with Gasteiger partial charge in [-0.25, -0.2) is 9.59 Å². The Kier molecular flexibility index (Phi) is 5.14. The number of aryl methyl sites for hydroxylation is 1. The van der Waals surface area contributed by atoms with Crippen LogP contribution in [0, 0.1) is 6.92 Å². The molecule has 1 aliphatic rings. The third kappa shape index (κ3) is 4.07. The predicted octanol–water partition coefficient (Wildman–Crippen LogP) is 2.22. The first-order valence-electron chi connectivity index (χ1n) is 7.28. The Bertz CT molecular complexity index is 573. The number of carbonyl (C=O) groups excluding carboxylic acids is 3. The van der Waals surface area contributed by atoms with Crippen LogP contribution >= 0.6 is 0 Å². The SMILES string of the molecule is Cc1cccc(C2CCN(C(=O)OC(=O)NC(C)C=O)C2)c1. The van der Waals surface area contributed by atoms with Gasteiger partial charge in [0, 0.05) is 19.0 Å². The molecular weight excluding hydrogens is 284 g/mol. The highest BCUT2D eigenvalue weighted by Crippen LogP contribution is 2.27. The molecular formula is C16H20N2O4. The highest BCUT2D eigenvalue weighted by atomic mass is 16.6. The standard InChI is InChI=1S/C16H20N2O4/c1-11-4-3-5-13(8-11)14-6-7-18(9-14)16(21)22-15(20)17-12(2)10-19/h3-5,8,10,12,14H,6-7,9H2,1-2H3,(H,17,20). The molecule has 0 bridgehead atoms. The largest absolute Gasteiger partial charge is 0.418 e. The second-order valence-electron chi connectivity index (χ2n) is 5.57. The number of rotatable bonds is 3. The molecule has 2 amide bonds.